The van der Waals surface area contributed by atoms with E-state index in [1.807, 2.05) is 12.2 Å². The molecule has 0 bridgehead atoms. The molecule has 3 atom stereocenters. The number of benzene rings is 1. The van der Waals surface area contributed by atoms with E-state index in [2.05, 4.69) is 32.6 Å². The van der Waals surface area contributed by atoms with Gasteiger partial charge in [0.25, 0.3) is 0 Å². The number of nitrogens with one attached hydrogen (secondary N) is 2. The largest absolute Gasteiger partial charge is 0.355 e. The number of amides is 2. The number of hydrogen-bond acceptors (Lipinski definition) is 2. The van der Waals surface area contributed by atoms with Crippen molar-refractivity contribution in [2.75, 3.05) is 11.9 Å². The van der Waals surface area contributed by atoms with Gasteiger partial charge in [-0.25, -0.2) is 0 Å². The quantitative estimate of drug-likeness (QED) is 0.796. The van der Waals surface area contributed by atoms with Crippen LogP contribution in [0.25, 0.3) is 0 Å². The van der Waals surface area contributed by atoms with Gasteiger partial charge >= 0.3 is 0 Å². The highest BCUT2D eigenvalue weighted by molar-refractivity contribution is 9.11. The molecule has 6 heteroatoms. The Bertz CT molecular complexity index is 717. The summed E-state index contributed by atoms with van der Waals surface area (Å²) in [5.74, 6) is -0.192. The van der Waals surface area contributed by atoms with Crippen molar-refractivity contribution in [1.82, 2.24) is 5.32 Å². The molecule has 1 aliphatic heterocycles. The number of hydrogen-bond donors (Lipinski definition) is 2. The second kappa shape index (κ2) is 7.53. The summed E-state index contributed by atoms with van der Waals surface area (Å²) in [5, 5.41) is 6.31. The third kappa shape index (κ3) is 4.08. The molecule has 2 aliphatic rings. The Balaban J connectivity index is 1.76. The molecule has 0 spiro atoms. The van der Waals surface area contributed by atoms with E-state index in [0.717, 1.165) is 10.9 Å². The number of rotatable bonds is 3. The van der Waals surface area contributed by atoms with Crippen LogP contribution in [0.4, 0.5) is 5.69 Å². The smallest absolute Gasteiger partial charge is 0.229 e. The average molecular weight is 410 g/mol. The third-order valence-corrected chi connectivity index (χ3v) is 5.33. The van der Waals surface area contributed by atoms with Crippen LogP contribution >= 0.6 is 27.5 Å². The normalized spacial score (nSPS) is 26.5. The van der Waals surface area contributed by atoms with E-state index in [1.54, 1.807) is 24.3 Å². The van der Waals surface area contributed by atoms with Crippen molar-refractivity contribution in [2.24, 2.45) is 17.8 Å². The molecular weight excluding hydrogens is 392 g/mol. The zero-order chi connectivity index (χ0) is 17.1. The minimum atomic E-state index is -0.269. The van der Waals surface area contributed by atoms with E-state index >= 15 is 0 Å². The Labute approximate surface area is 154 Å². The summed E-state index contributed by atoms with van der Waals surface area (Å²) < 4.78 is 1.09. The maximum Gasteiger partial charge on any atom is 0.229 e. The van der Waals surface area contributed by atoms with Crippen LogP contribution in [0.1, 0.15) is 12.8 Å². The van der Waals surface area contributed by atoms with Gasteiger partial charge in [0.1, 0.15) is 0 Å². The van der Waals surface area contributed by atoms with Crippen LogP contribution in [0, 0.1) is 17.8 Å². The Morgan fingerprint density at radius 2 is 2.17 bits per heavy atom. The van der Waals surface area contributed by atoms with Crippen molar-refractivity contribution in [1.29, 1.82) is 0 Å². The summed E-state index contributed by atoms with van der Waals surface area (Å²) in [6.07, 6.45) is 7.25. The first kappa shape index (κ1) is 17.2. The molecule has 126 valence electrons. The summed E-state index contributed by atoms with van der Waals surface area (Å²) >= 11 is 9.49. The number of carbonyl (C=O) groups is 2. The predicted octanol–water partition coefficient (Wildman–Crippen LogP) is 3.89. The second-order valence-electron chi connectivity index (χ2n) is 6.14. The molecule has 1 aliphatic carbocycles. The number of allylic oxidation sites excluding steroid dienone is 4. The van der Waals surface area contributed by atoms with Crippen LogP contribution < -0.4 is 10.6 Å². The lowest BCUT2D eigenvalue weighted by atomic mass is 9.74. The minimum absolute atomic E-state index is 0.00545. The molecule has 0 aromatic heterocycles. The maximum absolute atomic E-state index is 12.8. The molecule has 24 heavy (non-hydrogen) atoms. The van der Waals surface area contributed by atoms with Gasteiger partial charge < -0.3 is 10.6 Å². The fourth-order valence-corrected chi connectivity index (χ4v) is 4.02. The van der Waals surface area contributed by atoms with E-state index < -0.39 is 0 Å². The summed E-state index contributed by atoms with van der Waals surface area (Å²) in [7, 11) is 0. The monoisotopic (exact) mass is 408 g/mol. The van der Waals surface area contributed by atoms with Crippen molar-refractivity contribution >= 4 is 45.0 Å². The first-order valence-electron chi connectivity index (χ1n) is 7.89. The van der Waals surface area contributed by atoms with E-state index in [1.165, 1.54) is 0 Å². The molecule has 1 heterocycles. The molecule has 0 saturated carbocycles. The van der Waals surface area contributed by atoms with Gasteiger partial charge in [-0.2, -0.15) is 0 Å². The maximum atomic E-state index is 12.8. The molecule has 2 N–H and O–H groups in total. The summed E-state index contributed by atoms with van der Waals surface area (Å²) in [6.45, 7) is 0.363. The van der Waals surface area contributed by atoms with Gasteiger partial charge in [0.15, 0.2) is 0 Å². The van der Waals surface area contributed by atoms with E-state index in [-0.39, 0.29) is 29.6 Å². The molecule has 1 aromatic carbocycles. The molecule has 0 radical (unpaired) electrons. The number of halogens is 2. The lowest BCUT2D eigenvalue weighted by Gasteiger charge is -2.35. The number of carbonyl (C=O) groups excluding carboxylic acids is 2. The van der Waals surface area contributed by atoms with Gasteiger partial charge in [-0.15, -0.1) is 0 Å². The van der Waals surface area contributed by atoms with Crippen LogP contribution in [-0.4, -0.2) is 18.4 Å². The van der Waals surface area contributed by atoms with Gasteiger partial charge in [0, 0.05) is 23.7 Å². The fraction of sp³-hybridized carbons (Fsp3) is 0.333. The van der Waals surface area contributed by atoms with Crippen molar-refractivity contribution in [3.63, 3.8) is 0 Å². The van der Waals surface area contributed by atoms with E-state index in [9.17, 15) is 9.59 Å². The summed E-state index contributed by atoms with van der Waals surface area (Å²) in [6, 6.07) is 7.08. The first-order valence-corrected chi connectivity index (χ1v) is 9.06. The highest BCUT2D eigenvalue weighted by Crippen LogP contribution is 2.36. The predicted molar refractivity (Wildman–Crippen MR) is 98.9 cm³/mol. The topological polar surface area (TPSA) is 58.2 Å². The lowest BCUT2D eigenvalue weighted by molar-refractivity contribution is -0.129. The SMILES string of the molecule is O=C1C[C@@H](C2C=CC=C(Br)C2)[C@H](C(=O)Nc2cccc(Cl)c2)CN1. The van der Waals surface area contributed by atoms with Crippen LogP contribution in [0.15, 0.2) is 47.0 Å². The third-order valence-electron chi connectivity index (χ3n) is 4.50. The molecule has 1 unspecified atom stereocenters. The van der Waals surface area contributed by atoms with Crippen molar-refractivity contribution in [2.45, 2.75) is 12.8 Å². The van der Waals surface area contributed by atoms with Crippen LogP contribution in [-0.2, 0) is 9.59 Å². The highest BCUT2D eigenvalue weighted by atomic mass is 79.9. The molecule has 2 amide bonds. The zero-order valence-electron chi connectivity index (χ0n) is 13.0. The van der Waals surface area contributed by atoms with Gasteiger partial charge in [-0.05, 0) is 40.9 Å². The van der Waals surface area contributed by atoms with Crippen molar-refractivity contribution < 1.29 is 9.59 Å². The molecule has 1 saturated heterocycles. The average Bonchev–Trinajstić information content (AvgIpc) is 2.54. The highest BCUT2D eigenvalue weighted by Gasteiger charge is 2.38. The minimum Gasteiger partial charge on any atom is -0.355 e. The second-order valence-corrected chi connectivity index (χ2v) is 7.60. The van der Waals surface area contributed by atoms with Crippen LogP contribution in [0.5, 0.6) is 0 Å². The zero-order valence-corrected chi connectivity index (χ0v) is 15.3. The van der Waals surface area contributed by atoms with Gasteiger partial charge in [-0.3, -0.25) is 9.59 Å². The van der Waals surface area contributed by atoms with E-state index in [0.29, 0.717) is 23.7 Å². The van der Waals surface area contributed by atoms with Crippen LogP contribution in [0.3, 0.4) is 0 Å². The number of piperidine rings is 1. The van der Waals surface area contributed by atoms with Gasteiger partial charge in [0.05, 0.1) is 5.92 Å². The van der Waals surface area contributed by atoms with Gasteiger partial charge in [0.2, 0.25) is 11.8 Å². The van der Waals surface area contributed by atoms with Crippen molar-refractivity contribution in [3.05, 3.63) is 52.0 Å². The summed E-state index contributed by atoms with van der Waals surface area (Å²) in [5.41, 5.74) is 0.670. The molecular formula is C18H18BrClN2O2. The molecule has 1 aromatic rings. The Morgan fingerprint density at radius 1 is 1.33 bits per heavy atom. The Morgan fingerprint density at radius 3 is 2.92 bits per heavy atom. The van der Waals surface area contributed by atoms with Crippen molar-refractivity contribution in [3.8, 4) is 0 Å². The Hall–Kier alpha value is -1.59. The Kier molecular flexibility index (Phi) is 5.41. The molecule has 4 nitrogen and oxygen atoms in total. The standard InChI is InChI=1S/C18H18BrClN2O2/c19-12-4-1-3-11(7-12)15-9-17(23)21-10-16(15)18(24)22-14-6-2-5-13(20)8-14/h1-6,8,11,15-16H,7,9-10H2,(H,21,23)(H,22,24)/t11?,15-,16+/m0/s1. The van der Waals surface area contributed by atoms with E-state index in [4.69, 9.17) is 11.6 Å². The number of anilines is 1. The molecule has 1 fully saturated rings. The van der Waals surface area contributed by atoms with Crippen LogP contribution in [0.2, 0.25) is 5.02 Å². The first-order chi connectivity index (χ1) is 11.5. The fourth-order valence-electron chi connectivity index (χ4n) is 3.30. The van der Waals surface area contributed by atoms with Gasteiger partial charge in [-0.1, -0.05) is 51.8 Å². The summed E-state index contributed by atoms with van der Waals surface area (Å²) in [4.78, 5) is 24.6. The lowest BCUT2D eigenvalue weighted by Crippen LogP contribution is -2.48. The molecule has 3 rings (SSSR count).